The second kappa shape index (κ2) is 4.90. The minimum Gasteiger partial charge on any atom is -0.370 e. The number of fused-ring (bicyclic) bond motifs is 1. The van der Waals surface area contributed by atoms with Gasteiger partial charge in [0, 0.05) is 18.0 Å². The molecule has 1 aliphatic rings. The number of aryl methyl sites for hydroxylation is 2. The average molecular weight is 283 g/mol. The van der Waals surface area contributed by atoms with Crippen LogP contribution in [-0.2, 0) is 5.41 Å². The number of nitrogens with zero attached hydrogens (tertiary/aromatic N) is 2. The Hall–Kier alpha value is -1.77. The third-order valence-corrected chi connectivity index (χ3v) is 4.31. The molecule has 2 heterocycles. The van der Waals surface area contributed by atoms with E-state index in [9.17, 15) is 0 Å². The molecule has 0 aliphatic carbocycles. The highest BCUT2D eigenvalue weighted by atomic mass is 15.4. The van der Waals surface area contributed by atoms with E-state index >= 15 is 0 Å². The van der Waals surface area contributed by atoms with Gasteiger partial charge in [0.1, 0.15) is 5.82 Å². The summed E-state index contributed by atoms with van der Waals surface area (Å²) in [5.74, 6) is 1.15. The molecule has 112 valence electrons. The largest absolute Gasteiger partial charge is 0.370 e. The highest BCUT2D eigenvalue weighted by molar-refractivity contribution is 5.44. The maximum atomic E-state index is 4.90. The van der Waals surface area contributed by atoms with E-state index in [4.69, 9.17) is 5.10 Å². The van der Waals surface area contributed by atoms with Gasteiger partial charge >= 0.3 is 0 Å². The Bertz CT molecular complexity index is 662. The van der Waals surface area contributed by atoms with Gasteiger partial charge in [-0.15, -0.1) is 0 Å². The quantitative estimate of drug-likeness (QED) is 0.850. The predicted octanol–water partition coefficient (Wildman–Crippen LogP) is 4.20. The van der Waals surface area contributed by atoms with Gasteiger partial charge in [-0.25, -0.2) is 4.68 Å². The van der Waals surface area contributed by atoms with Crippen molar-refractivity contribution in [1.82, 2.24) is 9.78 Å². The summed E-state index contributed by atoms with van der Waals surface area (Å²) >= 11 is 0. The molecule has 3 rings (SSSR count). The van der Waals surface area contributed by atoms with Crippen LogP contribution in [0.15, 0.2) is 24.3 Å². The number of benzene rings is 1. The Balaban J connectivity index is 2.06. The number of anilines is 1. The number of nitrogens with one attached hydrogen (secondary N) is 1. The third kappa shape index (κ3) is 2.57. The fraction of sp³-hybridized carbons (Fsp3) is 0.500. The van der Waals surface area contributed by atoms with Crippen molar-refractivity contribution in [2.24, 2.45) is 0 Å². The smallest absolute Gasteiger partial charge is 0.125 e. The molecule has 0 fully saturated rings. The van der Waals surface area contributed by atoms with Crippen LogP contribution in [0.2, 0.25) is 0 Å². The minimum absolute atomic E-state index is 0.0822. The molecule has 1 aliphatic heterocycles. The van der Waals surface area contributed by atoms with Crippen LogP contribution in [-0.4, -0.2) is 16.3 Å². The Labute approximate surface area is 127 Å². The van der Waals surface area contributed by atoms with Gasteiger partial charge in [-0.2, -0.15) is 5.10 Å². The van der Waals surface area contributed by atoms with Crippen molar-refractivity contribution in [2.45, 2.75) is 52.5 Å². The molecule has 0 saturated carbocycles. The maximum absolute atomic E-state index is 4.90. The Morgan fingerprint density at radius 3 is 2.62 bits per heavy atom. The SMILES string of the molecule is Cc1ccc(C2CCNc3cc(C(C)(C)C)nn32)c(C)c1. The number of hydrogen-bond acceptors (Lipinski definition) is 2. The molecule has 3 nitrogen and oxygen atoms in total. The summed E-state index contributed by atoms with van der Waals surface area (Å²) in [4.78, 5) is 0. The Morgan fingerprint density at radius 2 is 1.95 bits per heavy atom. The molecule has 0 bridgehead atoms. The van der Waals surface area contributed by atoms with Gasteiger partial charge in [0.2, 0.25) is 0 Å². The van der Waals surface area contributed by atoms with Crippen molar-refractivity contribution in [2.75, 3.05) is 11.9 Å². The van der Waals surface area contributed by atoms with Crippen molar-refractivity contribution >= 4 is 5.82 Å². The lowest BCUT2D eigenvalue weighted by Gasteiger charge is -2.27. The van der Waals surface area contributed by atoms with E-state index in [1.54, 1.807) is 0 Å². The molecule has 3 heteroatoms. The molecular formula is C18H25N3. The number of aromatic nitrogens is 2. The van der Waals surface area contributed by atoms with Gasteiger partial charge in [0.05, 0.1) is 11.7 Å². The summed E-state index contributed by atoms with van der Waals surface area (Å²) in [5, 5.41) is 8.38. The zero-order chi connectivity index (χ0) is 15.2. The highest BCUT2D eigenvalue weighted by Gasteiger charge is 2.27. The first-order valence-electron chi connectivity index (χ1n) is 7.77. The standard InChI is InChI=1S/C18H25N3/c1-12-6-7-14(13(2)10-12)15-8-9-19-17-11-16(18(3,4)5)20-21(15)17/h6-7,10-11,15,19H,8-9H2,1-5H3. The van der Waals surface area contributed by atoms with Crippen molar-refractivity contribution in [3.8, 4) is 0 Å². The van der Waals surface area contributed by atoms with Gasteiger partial charge in [-0.1, -0.05) is 44.5 Å². The maximum Gasteiger partial charge on any atom is 0.125 e. The molecular weight excluding hydrogens is 258 g/mol. The van der Waals surface area contributed by atoms with Crippen molar-refractivity contribution in [1.29, 1.82) is 0 Å². The van der Waals surface area contributed by atoms with Crippen molar-refractivity contribution in [3.05, 3.63) is 46.6 Å². The Kier molecular flexibility index (Phi) is 3.31. The molecule has 0 amide bonds. The van der Waals surface area contributed by atoms with Crippen molar-refractivity contribution in [3.63, 3.8) is 0 Å². The minimum atomic E-state index is 0.0822. The molecule has 2 aromatic rings. The highest BCUT2D eigenvalue weighted by Crippen LogP contribution is 2.34. The summed E-state index contributed by atoms with van der Waals surface area (Å²) in [6.45, 7) is 12.0. The van der Waals surface area contributed by atoms with Crippen LogP contribution in [0.3, 0.4) is 0 Å². The molecule has 1 unspecified atom stereocenters. The summed E-state index contributed by atoms with van der Waals surface area (Å²) < 4.78 is 2.18. The van der Waals surface area contributed by atoms with Crippen LogP contribution in [0.1, 0.15) is 55.6 Å². The second-order valence-electron chi connectivity index (χ2n) is 7.20. The van der Waals surface area contributed by atoms with Crippen molar-refractivity contribution < 1.29 is 0 Å². The zero-order valence-electron chi connectivity index (χ0n) is 13.7. The third-order valence-electron chi connectivity index (χ3n) is 4.31. The molecule has 21 heavy (non-hydrogen) atoms. The predicted molar refractivity (Wildman–Crippen MR) is 88.1 cm³/mol. The molecule has 0 saturated heterocycles. The van der Waals surface area contributed by atoms with Crippen LogP contribution >= 0.6 is 0 Å². The molecule has 1 aromatic carbocycles. The summed E-state index contributed by atoms with van der Waals surface area (Å²) in [7, 11) is 0. The van der Waals surface area contributed by atoms with Crippen LogP contribution < -0.4 is 5.32 Å². The fourth-order valence-electron chi connectivity index (χ4n) is 3.08. The van der Waals surface area contributed by atoms with E-state index in [0.29, 0.717) is 6.04 Å². The molecule has 1 atom stereocenters. The van der Waals surface area contributed by atoms with E-state index < -0.39 is 0 Å². The number of rotatable bonds is 1. The first-order valence-corrected chi connectivity index (χ1v) is 7.77. The Morgan fingerprint density at radius 1 is 1.19 bits per heavy atom. The molecule has 1 N–H and O–H groups in total. The fourth-order valence-corrected chi connectivity index (χ4v) is 3.08. The summed E-state index contributed by atoms with van der Waals surface area (Å²) in [6.07, 6.45) is 1.09. The molecule has 0 spiro atoms. The van der Waals surface area contributed by atoms with Crippen LogP contribution in [0.25, 0.3) is 0 Å². The normalized spacial score (nSPS) is 18.2. The lowest BCUT2D eigenvalue weighted by atomic mass is 9.92. The van der Waals surface area contributed by atoms with Gasteiger partial charge in [0.25, 0.3) is 0 Å². The lowest BCUT2D eigenvalue weighted by Crippen LogP contribution is -2.25. The first kappa shape index (κ1) is 14.2. The zero-order valence-corrected chi connectivity index (χ0v) is 13.7. The van der Waals surface area contributed by atoms with Crippen LogP contribution in [0, 0.1) is 13.8 Å². The topological polar surface area (TPSA) is 29.9 Å². The van der Waals surface area contributed by atoms with Gasteiger partial charge < -0.3 is 5.32 Å². The van der Waals surface area contributed by atoms with E-state index in [2.05, 4.69) is 68.9 Å². The van der Waals surface area contributed by atoms with Gasteiger partial charge in [-0.05, 0) is 31.4 Å². The monoisotopic (exact) mass is 283 g/mol. The summed E-state index contributed by atoms with van der Waals surface area (Å²) in [5.41, 5.74) is 5.31. The van der Waals surface area contributed by atoms with E-state index in [-0.39, 0.29) is 5.41 Å². The van der Waals surface area contributed by atoms with Crippen LogP contribution in [0.5, 0.6) is 0 Å². The van der Waals surface area contributed by atoms with Gasteiger partial charge in [-0.3, -0.25) is 0 Å². The second-order valence-corrected chi connectivity index (χ2v) is 7.20. The van der Waals surface area contributed by atoms with E-state index in [1.165, 1.54) is 16.7 Å². The molecule has 1 aromatic heterocycles. The summed E-state index contributed by atoms with van der Waals surface area (Å²) in [6, 6.07) is 9.29. The number of hydrogen-bond donors (Lipinski definition) is 1. The lowest BCUT2D eigenvalue weighted by molar-refractivity contribution is 0.461. The van der Waals surface area contributed by atoms with E-state index in [1.807, 2.05) is 0 Å². The average Bonchev–Trinajstić information content (AvgIpc) is 2.82. The molecule has 0 radical (unpaired) electrons. The first-order chi connectivity index (χ1) is 9.86. The van der Waals surface area contributed by atoms with E-state index in [0.717, 1.165) is 24.5 Å². The van der Waals surface area contributed by atoms with Gasteiger partial charge in [0.15, 0.2) is 0 Å². The van der Waals surface area contributed by atoms with Crippen LogP contribution in [0.4, 0.5) is 5.82 Å².